The Kier molecular flexibility index (Phi) is 5.38. The number of hydrogen-bond acceptors (Lipinski definition) is 4. The molecule has 4 N–H and O–H groups in total. The van der Waals surface area contributed by atoms with Crippen LogP contribution in [0.4, 0.5) is 42.1 Å². The zero-order chi connectivity index (χ0) is 22.2. The molecule has 3 rings (SSSR count). The number of alkyl halides is 3. The fourth-order valence-corrected chi connectivity index (χ4v) is 2.43. The van der Waals surface area contributed by atoms with Gasteiger partial charge in [-0.15, -0.1) is 0 Å². The molecule has 0 heterocycles. The van der Waals surface area contributed by atoms with Crippen molar-refractivity contribution in [2.24, 2.45) is 0 Å². The quantitative estimate of drug-likeness (QED) is 0.391. The largest absolute Gasteiger partial charge is 0.454 e. The van der Waals surface area contributed by atoms with Crippen LogP contribution in [0.15, 0.2) is 42.5 Å². The Hall–Kier alpha value is -3.63. The number of anilines is 2. The van der Waals surface area contributed by atoms with Gasteiger partial charge in [0, 0.05) is 18.2 Å². The molecule has 0 spiro atoms. The minimum atomic E-state index is -5.34. The molecule has 0 saturated heterocycles. The van der Waals surface area contributed by atoms with Crippen LogP contribution in [-0.2, 0) is 6.18 Å². The molecular weight excluding hydrogens is 421 g/mol. The molecule has 0 bridgehead atoms. The lowest BCUT2D eigenvalue weighted by Gasteiger charge is -2.18. The molecule has 0 radical (unpaired) electrons. The molecule has 0 aliphatic rings. The summed E-state index contributed by atoms with van der Waals surface area (Å²) in [6.07, 6.45) is -5.34. The van der Waals surface area contributed by atoms with Crippen molar-refractivity contribution < 1.29 is 40.2 Å². The lowest BCUT2D eigenvalue weighted by Crippen LogP contribution is -2.12. The van der Waals surface area contributed by atoms with E-state index < -0.39 is 63.6 Å². The third kappa shape index (κ3) is 4.19. The first-order valence-corrected chi connectivity index (χ1v) is 8.02. The van der Waals surface area contributed by atoms with Gasteiger partial charge in [-0.1, -0.05) is 0 Å². The normalized spacial score (nSPS) is 11.4. The molecule has 0 saturated carbocycles. The van der Waals surface area contributed by atoms with Crippen LogP contribution < -0.4 is 20.9 Å². The predicted molar refractivity (Wildman–Crippen MR) is 93.1 cm³/mol. The maximum absolute atomic E-state index is 14.8. The van der Waals surface area contributed by atoms with Crippen molar-refractivity contribution in [1.29, 1.82) is 0 Å². The van der Waals surface area contributed by atoms with Gasteiger partial charge in [0.1, 0.15) is 34.5 Å². The van der Waals surface area contributed by atoms with Crippen LogP contribution in [0.5, 0.6) is 23.0 Å². The number of ether oxygens (including phenoxy) is 2. The molecule has 0 fully saturated rings. The second-order valence-corrected chi connectivity index (χ2v) is 5.94. The molecule has 0 amide bonds. The number of hydrogen-bond donors (Lipinski definition) is 2. The lowest BCUT2D eigenvalue weighted by atomic mass is 10.1. The summed E-state index contributed by atoms with van der Waals surface area (Å²) in [7, 11) is 0. The average molecular weight is 432 g/mol. The smallest absolute Gasteiger partial charge is 0.422 e. The van der Waals surface area contributed by atoms with E-state index in [1.165, 1.54) is 0 Å². The molecule has 158 valence electrons. The SMILES string of the molecule is Nc1cc(Oc2cc(F)c(C(F)(F)F)c(Oc3ccc(F)c(N)c3)c2F)ccc1F. The summed E-state index contributed by atoms with van der Waals surface area (Å²) in [4.78, 5) is 0. The summed E-state index contributed by atoms with van der Waals surface area (Å²) < 4.78 is 105. The molecule has 0 aromatic heterocycles. The Morgan fingerprint density at radius 2 is 1.17 bits per heavy atom. The van der Waals surface area contributed by atoms with Gasteiger partial charge in [0.2, 0.25) is 5.82 Å². The van der Waals surface area contributed by atoms with Crippen LogP contribution in [-0.4, -0.2) is 0 Å². The van der Waals surface area contributed by atoms with Gasteiger partial charge in [-0.05, 0) is 24.3 Å². The van der Waals surface area contributed by atoms with Gasteiger partial charge in [0.25, 0.3) is 0 Å². The van der Waals surface area contributed by atoms with Crippen LogP contribution in [0.1, 0.15) is 5.56 Å². The average Bonchev–Trinajstić information content (AvgIpc) is 2.64. The fourth-order valence-electron chi connectivity index (χ4n) is 2.43. The number of nitrogen functional groups attached to an aromatic ring is 2. The lowest BCUT2D eigenvalue weighted by molar-refractivity contribution is -0.141. The van der Waals surface area contributed by atoms with Gasteiger partial charge < -0.3 is 20.9 Å². The third-order valence-corrected chi connectivity index (χ3v) is 3.81. The van der Waals surface area contributed by atoms with E-state index in [1.807, 2.05) is 0 Å². The summed E-state index contributed by atoms with van der Waals surface area (Å²) in [5.74, 6) is -8.64. The van der Waals surface area contributed by atoms with Crippen molar-refractivity contribution in [1.82, 2.24) is 0 Å². The highest BCUT2D eigenvalue weighted by molar-refractivity contribution is 5.52. The number of halogens is 7. The predicted octanol–water partition coefficient (Wildman–Crippen LogP) is 6.01. The Morgan fingerprint density at radius 3 is 1.63 bits per heavy atom. The summed E-state index contributed by atoms with van der Waals surface area (Å²) in [6, 6.07) is 5.38. The van der Waals surface area contributed by atoms with E-state index in [1.54, 1.807) is 0 Å². The van der Waals surface area contributed by atoms with Crippen LogP contribution in [0.2, 0.25) is 0 Å². The van der Waals surface area contributed by atoms with Crippen molar-refractivity contribution in [3.05, 3.63) is 71.3 Å². The number of benzene rings is 3. The Morgan fingerprint density at radius 1 is 0.667 bits per heavy atom. The third-order valence-electron chi connectivity index (χ3n) is 3.81. The maximum Gasteiger partial charge on any atom is 0.422 e. The van der Waals surface area contributed by atoms with E-state index in [2.05, 4.69) is 0 Å². The summed E-state index contributed by atoms with van der Waals surface area (Å²) in [5, 5.41) is 0. The van der Waals surface area contributed by atoms with Crippen LogP contribution in [0.25, 0.3) is 0 Å². The van der Waals surface area contributed by atoms with E-state index in [0.717, 1.165) is 36.4 Å². The maximum atomic E-state index is 14.8. The van der Waals surface area contributed by atoms with Crippen molar-refractivity contribution in [2.75, 3.05) is 11.5 Å². The molecule has 3 aromatic carbocycles. The summed E-state index contributed by atoms with van der Waals surface area (Å²) in [5.41, 5.74) is 7.73. The molecule has 0 aliphatic carbocycles. The van der Waals surface area contributed by atoms with Gasteiger partial charge in [-0.3, -0.25) is 0 Å². The molecular formula is C19H11F7N2O2. The van der Waals surface area contributed by atoms with Gasteiger partial charge in [-0.2, -0.15) is 17.6 Å². The number of nitrogens with two attached hydrogens (primary N) is 2. The Balaban J connectivity index is 2.11. The second kappa shape index (κ2) is 7.65. The van der Waals surface area contributed by atoms with Crippen molar-refractivity contribution >= 4 is 11.4 Å². The van der Waals surface area contributed by atoms with Gasteiger partial charge >= 0.3 is 6.18 Å². The molecule has 4 nitrogen and oxygen atoms in total. The van der Waals surface area contributed by atoms with Crippen molar-refractivity contribution in [3.63, 3.8) is 0 Å². The van der Waals surface area contributed by atoms with Crippen LogP contribution in [0.3, 0.4) is 0 Å². The highest BCUT2D eigenvalue weighted by atomic mass is 19.4. The first-order chi connectivity index (χ1) is 14.0. The minimum Gasteiger partial charge on any atom is -0.454 e. The highest BCUT2D eigenvalue weighted by Gasteiger charge is 2.41. The number of rotatable bonds is 4. The van der Waals surface area contributed by atoms with E-state index in [-0.39, 0.29) is 11.8 Å². The monoisotopic (exact) mass is 432 g/mol. The zero-order valence-electron chi connectivity index (χ0n) is 14.7. The second-order valence-electron chi connectivity index (χ2n) is 5.94. The molecule has 0 aliphatic heterocycles. The van der Waals surface area contributed by atoms with Crippen molar-refractivity contribution in [3.8, 4) is 23.0 Å². The highest BCUT2D eigenvalue weighted by Crippen LogP contribution is 2.45. The van der Waals surface area contributed by atoms with Gasteiger partial charge in [-0.25, -0.2) is 13.2 Å². The molecule has 0 unspecified atom stereocenters. The van der Waals surface area contributed by atoms with Crippen LogP contribution in [0, 0.1) is 23.3 Å². The Labute approximate surface area is 164 Å². The molecule has 30 heavy (non-hydrogen) atoms. The summed E-state index contributed by atoms with van der Waals surface area (Å²) >= 11 is 0. The minimum absolute atomic E-state index is 0.156. The standard InChI is InChI=1S/C19H11F7N2O2/c20-10-3-1-8(5-13(10)27)29-15-7-12(22)16(19(24,25)26)18(17(15)23)30-9-2-4-11(21)14(28)6-9/h1-7H,27-28H2. The summed E-state index contributed by atoms with van der Waals surface area (Å²) in [6.45, 7) is 0. The fraction of sp³-hybridized carbons (Fsp3) is 0.0526. The zero-order valence-corrected chi connectivity index (χ0v) is 14.7. The van der Waals surface area contributed by atoms with Crippen molar-refractivity contribution in [2.45, 2.75) is 6.18 Å². The van der Waals surface area contributed by atoms with Crippen LogP contribution >= 0.6 is 0 Å². The molecule has 0 atom stereocenters. The molecule has 11 heteroatoms. The topological polar surface area (TPSA) is 70.5 Å². The molecule has 3 aromatic rings. The van der Waals surface area contributed by atoms with Gasteiger partial charge in [0.05, 0.1) is 11.4 Å². The Bertz CT molecular complexity index is 1120. The first-order valence-electron chi connectivity index (χ1n) is 8.02. The first kappa shape index (κ1) is 21.1. The van der Waals surface area contributed by atoms with E-state index in [9.17, 15) is 30.7 Å². The van der Waals surface area contributed by atoms with E-state index in [0.29, 0.717) is 0 Å². The van der Waals surface area contributed by atoms with Gasteiger partial charge in [0.15, 0.2) is 11.5 Å². The van der Waals surface area contributed by atoms with E-state index >= 15 is 0 Å². The van der Waals surface area contributed by atoms with E-state index in [4.69, 9.17) is 20.9 Å².